The van der Waals surface area contributed by atoms with Crippen molar-refractivity contribution in [2.75, 3.05) is 0 Å². The number of carbonyl (C=O) groups excluding carboxylic acids is 1. The van der Waals surface area contributed by atoms with E-state index >= 15 is 0 Å². The smallest absolute Gasteiger partial charge is 0.316 e. The molecule has 1 saturated carbocycles. The largest absolute Gasteiger partial charge is 0.460 e. The Morgan fingerprint density at radius 1 is 1.26 bits per heavy atom. The summed E-state index contributed by atoms with van der Waals surface area (Å²) in [6, 6.07) is 9.86. The van der Waals surface area contributed by atoms with Gasteiger partial charge in [-0.1, -0.05) is 12.1 Å². The van der Waals surface area contributed by atoms with Crippen LogP contribution in [0, 0.1) is 16.0 Å². The first kappa shape index (κ1) is 15.0. The summed E-state index contributed by atoms with van der Waals surface area (Å²) in [4.78, 5) is 25.7. The molecule has 23 heavy (non-hydrogen) atoms. The molecule has 0 N–H and O–H groups in total. The van der Waals surface area contributed by atoms with Crippen LogP contribution in [0.4, 0.5) is 0 Å². The van der Waals surface area contributed by atoms with Gasteiger partial charge in [-0.2, -0.15) is 0 Å². The van der Waals surface area contributed by atoms with Gasteiger partial charge in [0.1, 0.15) is 24.0 Å². The summed E-state index contributed by atoms with van der Waals surface area (Å²) in [5, 5.41) is 10.5. The lowest BCUT2D eigenvalue weighted by molar-refractivity contribution is -0.497. The molecule has 0 saturated heterocycles. The Bertz CT molecular complexity index is 702. The quantitative estimate of drug-likeness (QED) is 0.462. The van der Waals surface area contributed by atoms with Crippen molar-refractivity contribution < 1.29 is 19.2 Å². The van der Waals surface area contributed by atoms with Gasteiger partial charge in [-0.3, -0.25) is 19.9 Å². The van der Waals surface area contributed by atoms with Gasteiger partial charge >= 0.3 is 5.97 Å². The molecule has 0 amide bonds. The number of nitrogens with zero attached hydrogens (tertiary/aromatic N) is 2. The minimum Gasteiger partial charge on any atom is -0.460 e. The second kappa shape index (κ2) is 6.43. The first-order valence-electron chi connectivity index (χ1n) is 7.10. The van der Waals surface area contributed by atoms with E-state index in [4.69, 9.17) is 9.47 Å². The third-order valence-corrected chi connectivity index (χ3v) is 3.50. The number of esters is 1. The van der Waals surface area contributed by atoms with E-state index in [2.05, 4.69) is 4.98 Å². The standard InChI is InChI=1S/C16H14N2O5/c19-16(14-8-15(14)18(20)21)22-10-11-3-5-12(6-4-11)23-13-2-1-7-17-9-13/h1-7,9,14-15H,8,10H2/t14-,15+/m0/s1. The van der Waals surface area contributed by atoms with E-state index in [1.807, 2.05) is 0 Å². The van der Waals surface area contributed by atoms with Crippen LogP contribution in [0.3, 0.4) is 0 Å². The van der Waals surface area contributed by atoms with Gasteiger partial charge < -0.3 is 9.47 Å². The fraction of sp³-hybridized carbons (Fsp3) is 0.250. The highest BCUT2D eigenvalue weighted by Gasteiger charge is 2.54. The van der Waals surface area contributed by atoms with Crippen molar-refractivity contribution in [3.63, 3.8) is 0 Å². The van der Waals surface area contributed by atoms with Crippen LogP contribution in [0.25, 0.3) is 0 Å². The summed E-state index contributed by atoms with van der Waals surface area (Å²) in [5.74, 6) is 0.162. The summed E-state index contributed by atoms with van der Waals surface area (Å²) in [6.45, 7) is 0.0902. The van der Waals surface area contributed by atoms with E-state index in [9.17, 15) is 14.9 Å². The number of hydrogen-bond donors (Lipinski definition) is 0. The van der Waals surface area contributed by atoms with E-state index in [-0.39, 0.29) is 13.0 Å². The predicted octanol–water partition coefficient (Wildman–Crippen LogP) is 2.58. The third kappa shape index (κ3) is 3.82. The molecule has 1 aliphatic carbocycles. The molecule has 0 bridgehead atoms. The van der Waals surface area contributed by atoms with Gasteiger partial charge in [-0.25, -0.2) is 0 Å². The van der Waals surface area contributed by atoms with Crippen molar-refractivity contribution in [3.05, 3.63) is 64.5 Å². The average Bonchev–Trinajstić information content (AvgIpc) is 3.36. The fourth-order valence-corrected chi connectivity index (χ4v) is 2.13. The van der Waals surface area contributed by atoms with Crippen molar-refractivity contribution in [2.24, 2.45) is 5.92 Å². The number of benzene rings is 1. The van der Waals surface area contributed by atoms with Crippen molar-refractivity contribution in [3.8, 4) is 11.5 Å². The molecule has 3 rings (SSSR count). The maximum atomic E-state index is 11.6. The topological polar surface area (TPSA) is 91.6 Å². The number of hydrogen-bond acceptors (Lipinski definition) is 6. The zero-order chi connectivity index (χ0) is 16.2. The van der Waals surface area contributed by atoms with Crippen molar-refractivity contribution in [2.45, 2.75) is 19.1 Å². The maximum absolute atomic E-state index is 11.6. The van der Waals surface area contributed by atoms with Crippen molar-refractivity contribution >= 4 is 5.97 Å². The zero-order valence-electron chi connectivity index (χ0n) is 12.1. The summed E-state index contributed by atoms with van der Waals surface area (Å²) < 4.78 is 10.7. The lowest BCUT2D eigenvalue weighted by Crippen LogP contribution is -2.13. The van der Waals surface area contributed by atoms with Gasteiger partial charge in [0, 0.05) is 17.5 Å². The molecule has 1 fully saturated rings. The second-order valence-corrected chi connectivity index (χ2v) is 5.24. The van der Waals surface area contributed by atoms with E-state index < -0.39 is 22.9 Å². The predicted molar refractivity (Wildman–Crippen MR) is 79.4 cm³/mol. The number of ether oxygens (including phenoxy) is 2. The highest BCUT2D eigenvalue weighted by Crippen LogP contribution is 2.34. The lowest BCUT2D eigenvalue weighted by atomic mass is 10.2. The molecular formula is C16H14N2O5. The highest BCUT2D eigenvalue weighted by molar-refractivity contribution is 5.76. The molecule has 1 aliphatic rings. The lowest BCUT2D eigenvalue weighted by Gasteiger charge is -2.07. The molecule has 1 aromatic heterocycles. The first-order valence-corrected chi connectivity index (χ1v) is 7.10. The van der Waals surface area contributed by atoms with Gasteiger partial charge in [-0.15, -0.1) is 0 Å². The molecule has 7 heteroatoms. The van der Waals surface area contributed by atoms with E-state index in [1.54, 1.807) is 48.8 Å². The monoisotopic (exact) mass is 314 g/mol. The van der Waals surface area contributed by atoms with Gasteiger partial charge in [0.2, 0.25) is 6.04 Å². The highest BCUT2D eigenvalue weighted by atomic mass is 16.6. The van der Waals surface area contributed by atoms with Crippen LogP contribution in [0.1, 0.15) is 12.0 Å². The Morgan fingerprint density at radius 3 is 2.65 bits per heavy atom. The number of carbonyl (C=O) groups is 1. The molecule has 1 heterocycles. The molecule has 0 radical (unpaired) electrons. The fourth-order valence-electron chi connectivity index (χ4n) is 2.13. The molecule has 0 unspecified atom stereocenters. The first-order chi connectivity index (χ1) is 11.1. The Labute approximate surface area is 132 Å². The number of pyridine rings is 1. The van der Waals surface area contributed by atoms with Crippen molar-refractivity contribution in [1.82, 2.24) is 4.98 Å². The third-order valence-electron chi connectivity index (χ3n) is 3.50. The van der Waals surface area contributed by atoms with Crippen LogP contribution in [-0.2, 0) is 16.1 Å². The molecule has 0 aliphatic heterocycles. The van der Waals surface area contributed by atoms with E-state index in [1.165, 1.54) is 0 Å². The van der Waals surface area contributed by atoms with Crippen LogP contribution in [0.15, 0.2) is 48.8 Å². The van der Waals surface area contributed by atoms with Gasteiger partial charge in [0.15, 0.2) is 0 Å². The van der Waals surface area contributed by atoms with Crippen LogP contribution >= 0.6 is 0 Å². The molecule has 7 nitrogen and oxygen atoms in total. The minimum absolute atomic E-state index is 0.0902. The van der Waals surface area contributed by atoms with Gasteiger partial charge in [0.05, 0.1) is 6.20 Å². The summed E-state index contributed by atoms with van der Waals surface area (Å²) in [7, 11) is 0. The molecule has 2 atom stereocenters. The van der Waals surface area contributed by atoms with Crippen molar-refractivity contribution in [1.29, 1.82) is 0 Å². The van der Waals surface area contributed by atoms with Crippen LogP contribution in [0.5, 0.6) is 11.5 Å². The molecule has 0 spiro atoms. The Hall–Kier alpha value is -2.96. The van der Waals surface area contributed by atoms with Gasteiger partial charge in [0.25, 0.3) is 0 Å². The molecule has 1 aromatic carbocycles. The average molecular weight is 314 g/mol. The number of rotatable bonds is 6. The maximum Gasteiger partial charge on any atom is 0.316 e. The zero-order valence-corrected chi connectivity index (χ0v) is 12.1. The summed E-state index contributed by atoms with van der Waals surface area (Å²) in [5.41, 5.74) is 0.787. The molecule has 118 valence electrons. The van der Waals surface area contributed by atoms with Gasteiger partial charge in [-0.05, 0) is 29.8 Å². The Morgan fingerprint density at radius 2 is 2.04 bits per heavy atom. The molecule has 2 aromatic rings. The Kier molecular flexibility index (Phi) is 4.18. The van der Waals surface area contributed by atoms with E-state index in [0.717, 1.165) is 5.56 Å². The minimum atomic E-state index is -0.780. The second-order valence-electron chi connectivity index (χ2n) is 5.24. The number of aromatic nitrogens is 1. The Balaban J connectivity index is 1.50. The summed E-state index contributed by atoms with van der Waals surface area (Å²) in [6.07, 6.45) is 3.54. The van der Waals surface area contributed by atoms with E-state index in [0.29, 0.717) is 11.5 Å². The molecular weight excluding hydrogens is 300 g/mol. The number of nitro groups is 1. The van der Waals surface area contributed by atoms with Crippen LogP contribution in [0.2, 0.25) is 0 Å². The van der Waals surface area contributed by atoms with Crippen LogP contribution in [-0.4, -0.2) is 21.9 Å². The SMILES string of the molecule is O=C(OCc1ccc(Oc2cccnc2)cc1)[C@H]1C[C@H]1[N+](=O)[O-]. The normalized spacial score (nSPS) is 19.0. The summed E-state index contributed by atoms with van der Waals surface area (Å²) >= 11 is 0. The van der Waals surface area contributed by atoms with Crippen LogP contribution < -0.4 is 4.74 Å².